The van der Waals surface area contributed by atoms with E-state index in [2.05, 4.69) is 5.32 Å². The predicted octanol–water partition coefficient (Wildman–Crippen LogP) is 5.33. The van der Waals surface area contributed by atoms with E-state index in [0.717, 1.165) is 93.6 Å². The fraction of sp³-hybridized carbons (Fsp3) is 0.636. The number of carbonyl (C=O) groups excluding carboxylic acids is 3. The highest BCUT2D eigenvalue weighted by Crippen LogP contribution is 2.35. The third-order valence-electron chi connectivity index (χ3n) is 9.82. The van der Waals surface area contributed by atoms with Crippen LogP contribution in [0.1, 0.15) is 82.7 Å². The van der Waals surface area contributed by atoms with Crippen molar-refractivity contribution in [2.75, 3.05) is 13.7 Å². The van der Waals surface area contributed by atoms with Gasteiger partial charge in [-0.3, -0.25) is 4.79 Å². The average molecular weight is 578 g/mol. The van der Waals surface area contributed by atoms with E-state index in [1.807, 2.05) is 30.3 Å². The monoisotopic (exact) mass is 577 g/mol. The predicted molar refractivity (Wildman–Crippen MR) is 157 cm³/mol. The number of esters is 1. The number of hydrogen-bond donors (Lipinski definition) is 1. The highest BCUT2D eigenvalue weighted by Gasteiger charge is 2.46. The summed E-state index contributed by atoms with van der Waals surface area (Å²) in [5.74, 6) is 0.322. The van der Waals surface area contributed by atoms with Gasteiger partial charge in [0.2, 0.25) is 5.91 Å². The maximum atomic E-state index is 14.2. The van der Waals surface area contributed by atoms with Gasteiger partial charge in [-0.1, -0.05) is 43.9 Å². The van der Waals surface area contributed by atoms with Gasteiger partial charge in [0.25, 0.3) is 0 Å². The van der Waals surface area contributed by atoms with E-state index in [9.17, 15) is 14.4 Å². The average Bonchev–Trinajstić information content (AvgIpc) is 3.77. The Hall–Kier alpha value is -3.36. The number of nitrogens with zero attached hydrogens (tertiary/aromatic N) is 2. The Bertz CT molecular complexity index is 1290. The summed E-state index contributed by atoms with van der Waals surface area (Å²) in [6.45, 7) is 0.232. The number of ether oxygens (including phenoxy) is 3. The van der Waals surface area contributed by atoms with Crippen molar-refractivity contribution in [3.05, 3.63) is 36.0 Å². The van der Waals surface area contributed by atoms with Crippen LogP contribution in [0.4, 0.5) is 4.79 Å². The number of fused-ring (bicyclic) bond motifs is 5. The normalized spacial score (nSPS) is 29.5. The number of pyridine rings is 1. The molecule has 4 aliphatic rings. The lowest BCUT2D eigenvalue weighted by Gasteiger charge is -2.31. The fourth-order valence-electron chi connectivity index (χ4n) is 7.60. The zero-order valence-electron chi connectivity index (χ0n) is 24.6. The second kappa shape index (κ2) is 12.9. The SMILES string of the molecule is COC(=O)[C@@H]1C[C@@H]2CN1C(=O)C(C1CCCC1)NC(=O)O[C@H]1CCC[C@@H]1CCCCCc1nc3ccccc3cc1O2. The highest BCUT2D eigenvalue weighted by atomic mass is 16.6. The quantitative estimate of drug-likeness (QED) is 0.481. The third-order valence-corrected chi connectivity index (χ3v) is 9.82. The molecule has 3 heterocycles. The van der Waals surface area contributed by atoms with Gasteiger partial charge in [0, 0.05) is 11.8 Å². The number of methoxy groups -OCH3 is 1. The zero-order chi connectivity index (χ0) is 29.1. The Morgan fingerprint density at radius 2 is 1.71 bits per heavy atom. The number of aromatic nitrogens is 1. The molecule has 1 unspecified atom stereocenters. The minimum atomic E-state index is -0.785. The molecule has 0 radical (unpaired) electrons. The minimum Gasteiger partial charge on any atom is -0.487 e. The molecule has 2 amide bonds. The molecule has 226 valence electrons. The largest absolute Gasteiger partial charge is 0.487 e. The zero-order valence-corrected chi connectivity index (χ0v) is 24.6. The molecule has 0 spiro atoms. The molecule has 5 atom stereocenters. The van der Waals surface area contributed by atoms with E-state index in [4.69, 9.17) is 19.2 Å². The Labute approximate surface area is 247 Å². The van der Waals surface area contributed by atoms with Crippen LogP contribution in [-0.2, 0) is 25.5 Å². The van der Waals surface area contributed by atoms with Crippen molar-refractivity contribution in [1.29, 1.82) is 0 Å². The first-order chi connectivity index (χ1) is 20.5. The topological polar surface area (TPSA) is 107 Å². The third kappa shape index (κ3) is 6.20. The maximum Gasteiger partial charge on any atom is 0.408 e. The minimum absolute atomic E-state index is 0.00424. The van der Waals surface area contributed by atoms with E-state index in [1.165, 1.54) is 7.11 Å². The number of nitrogens with one attached hydrogen (secondary N) is 1. The molecular weight excluding hydrogens is 534 g/mol. The first kappa shape index (κ1) is 28.7. The number of benzene rings is 1. The number of hydrogen-bond acceptors (Lipinski definition) is 7. The van der Waals surface area contributed by atoms with Crippen molar-refractivity contribution in [3.8, 4) is 5.75 Å². The van der Waals surface area contributed by atoms with Gasteiger partial charge in [-0.2, -0.15) is 0 Å². The van der Waals surface area contributed by atoms with Crippen LogP contribution in [-0.4, -0.2) is 65.8 Å². The summed E-state index contributed by atoms with van der Waals surface area (Å²) in [4.78, 5) is 46.9. The van der Waals surface area contributed by atoms with Gasteiger partial charge < -0.3 is 24.4 Å². The van der Waals surface area contributed by atoms with Crippen LogP contribution in [0.3, 0.4) is 0 Å². The van der Waals surface area contributed by atoms with Gasteiger partial charge in [0.1, 0.15) is 30.0 Å². The Kier molecular flexibility index (Phi) is 8.81. The van der Waals surface area contributed by atoms with E-state index < -0.39 is 30.3 Å². The standard InChI is InChI=1S/C33H43N3O6/c1-40-32(38)27-19-24-20-36(27)31(37)30(22-11-5-6-12-22)35-33(39)42-28-17-9-14-21(28)10-3-2-4-16-26-29(41-24)18-23-13-7-8-15-25(23)34-26/h7-8,13,15,18,21-22,24,27-28,30H,2-6,9-12,14,16-17,19-20H2,1H3,(H,35,39)/t21-,24+,27-,28-,30?/m0/s1. The van der Waals surface area contributed by atoms with Crippen LogP contribution in [0.5, 0.6) is 5.75 Å². The first-order valence-corrected chi connectivity index (χ1v) is 15.9. The molecular formula is C33H43N3O6. The second-order valence-electron chi connectivity index (χ2n) is 12.5. The molecule has 2 bridgehead atoms. The number of aryl methyl sites for hydroxylation is 1. The summed E-state index contributed by atoms with van der Waals surface area (Å²) in [7, 11) is 1.34. The van der Waals surface area contributed by atoms with Crippen LogP contribution in [0.25, 0.3) is 10.9 Å². The van der Waals surface area contributed by atoms with Crippen molar-refractivity contribution in [2.45, 2.75) is 108 Å². The van der Waals surface area contributed by atoms with E-state index in [0.29, 0.717) is 18.1 Å². The van der Waals surface area contributed by atoms with Crippen LogP contribution >= 0.6 is 0 Å². The molecule has 2 saturated carbocycles. The van der Waals surface area contributed by atoms with E-state index >= 15 is 0 Å². The summed E-state index contributed by atoms with van der Waals surface area (Å²) < 4.78 is 17.7. The number of rotatable bonds is 2. The lowest BCUT2D eigenvalue weighted by molar-refractivity contribution is -0.152. The van der Waals surface area contributed by atoms with Crippen LogP contribution in [0, 0.1) is 11.8 Å². The molecule has 9 nitrogen and oxygen atoms in total. The smallest absolute Gasteiger partial charge is 0.408 e. The molecule has 1 aromatic carbocycles. The second-order valence-corrected chi connectivity index (χ2v) is 12.5. The molecule has 6 rings (SSSR count). The number of carbonyl (C=O) groups is 3. The molecule has 42 heavy (non-hydrogen) atoms. The molecule has 3 fully saturated rings. The Morgan fingerprint density at radius 3 is 2.55 bits per heavy atom. The highest BCUT2D eigenvalue weighted by molar-refractivity contribution is 5.90. The summed E-state index contributed by atoms with van der Waals surface area (Å²) in [5, 5.41) is 3.96. The van der Waals surface area contributed by atoms with Crippen molar-refractivity contribution in [3.63, 3.8) is 0 Å². The van der Waals surface area contributed by atoms with Gasteiger partial charge in [0.05, 0.1) is 24.9 Å². The van der Waals surface area contributed by atoms with Gasteiger partial charge in [-0.05, 0) is 75.3 Å². The van der Waals surface area contributed by atoms with Crippen molar-refractivity contribution >= 4 is 28.9 Å². The molecule has 1 N–H and O–H groups in total. The summed E-state index contributed by atoms with van der Waals surface area (Å²) in [6, 6.07) is 8.52. The Morgan fingerprint density at radius 1 is 0.952 bits per heavy atom. The van der Waals surface area contributed by atoms with Gasteiger partial charge >= 0.3 is 12.1 Å². The van der Waals surface area contributed by atoms with E-state index in [-0.39, 0.29) is 24.5 Å². The fourth-order valence-corrected chi connectivity index (χ4v) is 7.60. The molecule has 1 aromatic heterocycles. The molecule has 2 aromatic rings. The van der Waals surface area contributed by atoms with Gasteiger partial charge in [-0.25, -0.2) is 14.6 Å². The van der Waals surface area contributed by atoms with Crippen molar-refractivity contribution < 1.29 is 28.6 Å². The molecule has 2 aliphatic carbocycles. The number of alkyl carbamates (subject to hydrolysis) is 1. The number of amides is 2. The summed E-state index contributed by atoms with van der Waals surface area (Å²) >= 11 is 0. The lowest BCUT2D eigenvalue weighted by atomic mass is 9.96. The number of para-hydroxylation sites is 1. The van der Waals surface area contributed by atoms with Crippen molar-refractivity contribution in [1.82, 2.24) is 15.2 Å². The molecule has 9 heteroatoms. The lowest BCUT2D eigenvalue weighted by Crippen LogP contribution is -2.55. The Balaban J connectivity index is 1.33. The summed E-state index contributed by atoms with van der Waals surface area (Å²) in [5.41, 5.74) is 1.84. The van der Waals surface area contributed by atoms with Gasteiger partial charge in [0.15, 0.2) is 0 Å². The summed E-state index contributed by atoms with van der Waals surface area (Å²) in [6.07, 6.45) is 10.9. The van der Waals surface area contributed by atoms with Crippen molar-refractivity contribution in [2.24, 2.45) is 11.8 Å². The molecule has 1 saturated heterocycles. The maximum absolute atomic E-state index is 14.2. The van der Waals surface area contributed by atoms with Crippen LogP contribution < -0.4 is 10.1 Å². The first-order valence-electron chi connectivity index (χ1n) is 15.9. The van der Waals surface area contributed by atoms with E-state index in [1.54, 1.807) is 4.90 Å². The van der Waals surface area contributed by atoms with Crippen LogP contribution in [0.15, 0.2) is 30.3 Å². The molecule has 2 aliphatic heterocycles. The van der Waals surface area contributed by atoms with Gasteiger partial charge in [-0.15, -0.1) is 0 Å². The van der Waals surface area contributed by atoms with Crippen LogP contribution in [0.2, 0.25) is 0 Å².